The van der Waals surface area contributed by atoms with Crippen molar-refractivity contribution in [2.75, 3.05) is 58.1 Å². The van der Waals surface area contributed by atoms with Crippen LogP contribution >= 0.6 is 47.2 Å². The average Bonchev–Trinajstić information content (AvgIpc) is 0.779. The number of benzene rings is 5. The van der Waals surface area contributed by atoms with Crippen molar-refractivity contribution in [2.24, 2.45) is 5.92 Å². The molecule has 3 aliphatic rings. The van der Waals surface area contributed by atoms with Gasteiger partial charge in [0.05, 0.1) is 98.1 Å². The number of halogens is 4. The summed E-state index contributed by atoms with van der Waals surface area (Å²) in [6.45, 7) is 20.1. The van der Waals surface area contributed by atoms with Crippen LogP contribution in [0.2, 0.25) is 15.1 Å². The molecule has 0 radical (unpaired) electrons. The number of carbonyl (C=O) groups is 6. The van der Waals surface area contributed by atoms with E-state index in [1.54, 1.807) is 145 Å². The van der Waals surface area contributed by atoms with Gasteiger partial charge < -0.3 is 39.4 Å². The summed E-state index contributed by atoms with van der Waals surface area (Å²) in [5.74, 6) is 2.69. The van der Waals surface area contributed by atoms with Gasteiger partial charge in [0.15, 0.2) is 0 Å². The number of rotatable bonds is 14. The number of methoxy groups -OCH3 is 2. The lowest BCUT2D eigenvalue weighted by atomic mass is 10.1. The molecule has 0 unspecified atom stereocenters. The van der Waals surface area contributed by atoms with Crippen molar-refractivity contribution in [3.63, 3.8) is 0 Å². The van der Waals surface area contributed by atoms with Crippen LogP contribution in [0.5, 0.6) is 11.5 Å². The van der Waals surface area contributed by atoms with E-state index in [-0.39, 0.29) is 76.8 Å². The van der Waals surface area contributed by atoms with E-state index >= 15 is 0 Å². The SMILES string of the molecule is C.C.CC[C@@H](C)C(=O)Nc1ccc2c(n1)CN(C)C(=O)N2c1ccc(Cl)cc1.COc1ccc(CN(C(=O)OC(C)(C)C)c2ccc3c(n2)CN(C)C(=O)N3c2ccc(Cl)cc2)c(C)c1.COc1ccc(CN(C(=O)OC(C)(C)C)c2ccc3c(n2)CNC(=O)N3c2ccc(Cl)cc2)c(C)c1.Cl. The summed E-state index contributed by atoms with van der Waals surface area (Å²) in [6, 6.07) is 42.5. The van der Waals surface area contributed by atoms with E-state index < -0.39 is 23.4 Å². The molecule has 542 valence electrons. The minimum Gasteiger partial charge on any atom is -0.497 e. The van der Waals surface area contributed by atoms with Crippen LogP contribution in [0.25, 0.3) is 0 Å². The van der Waals surface area contributed by atoms with Gasteiger partial charge in [0.2, 0.25) is 5.91 Å². The number of hydrogen-bond donors (Lipinski definition) is 2. The van der Waals surface area contributed by atoms with E-state index in [1.165, 1.54) is 14.7 Å². The van der Waals surface area contributed by atoms with Gasteiger partial charge >= 0.3 is 30.3 Å². The maximum atomic E-state index is 13.4. The highest BCUT2D eigenvalue weighted by molar-refractivity contribution is 6.31. The predicted molar refractivity (Wildman–Crippen MR) is 409 cm³/mol. The van der Waals surface area contributed by atoms with Crippen LogP contribution in [0.1, 0.15) is 116 Å². The average molecular weight is 1470 g/mol. The highest BCUT2D eigenvalue weighted by Gasteiger charge is 2.35. The minimum absolute atomic E-state index is 0. The van der Waals surface area contributed by atoms with Gasteiger partial charge in [-0.1, -0.05) is 75.6 Å². The maximum absolute atomic E-state index is 13.4. The number of nitrogens with one attached hydrogen (secondary N) is 2. The third-order valence-electron chi connectivity index (χ3n) is 16.1. The van der Waals surface area contributed by atoms with Crippen molar-refractivity contribution in [3.8, 4) is 11.5 Å². The number of aryl methyl sites for hydroxylation is 2. The molecule has 3 aromatic heterocycles. The van der Waals surface area contributed by atoms with Crippen LogP contribution in [0.15, 0.2) is 146 Å². The quantitative estimate of drug-likeness (QED) is 0.103. The number of carbonyl (C=O) groups excluding carboxylic acids is 6. The largest absolute Gasteiger partial charge is 0.497 e. The molecule has 3 aliphatic heterocycles. The Balaban J connectivity index is 0.000000241. The molecule has 22 nitrogen and oxygen atoms in total. The number of nitrogens with zero attached hydrogens (tertiary/aromatic N) is 10. The van der Waals surface area contributed by atoms with Crippen molar-refractivity contribution >= 4 is 135 Å². The van der Waals surface area contributed by atoms with E-state index in [0.29, 0.717) is 91.1 Å². The Labute approximate surface area is 619 Å². The van der Waals surface area contributed by atoms with Gasteiger partial charge in [-0.15, -0.1) is 12.4 Å². The monoisotopic (exact) mass is 1470 g/mol. The summed E-state index contributed by atoms with van der Waals surface area (Å²) < 4.78 is 22.1. The molecule has 1 atom stereocenters. The number of urea groups is 3. The molecule has 0 saturated heterocycles. The minimum atomic E-state index is -0.684. The Morgan fingerprint density at radius 1 is 0.549 bits per heavy atom. The second kappa shape index (κ2) is 34.7. The summed E-state index contributed by atoms with van der Waals surface area (Å²) >= 11 is 18.0. The molecule has 2 N–H and O–H groups in total. The summed E-state index contributed by atoms with van der Waals surface area (Å²) in [6.07, 6.45) is -0.261. The summed E-state index contributed by atoms with van der Waals surface area (Å²) in [7, 11) is 6.67. The Morgan fingerprint density at radius 3 is 1.30 bits per heavy atom. The first kappa shape index (κ1) is 81.1. The first-order valence-electron chi connectivity index (χ1n) is 32.0. The number of amides is 9. The van der Waals surface area contributed by atoms with E-state index in [1.807, 2.05) is 118 Å². The molecule has 6 heterocycles. The number of pyridine rings is 3. The first-order valence-corrected chi connectivity index (χ1v) is 33.1. The van der Waals surface area contributed by atoms with E-state index in [9.17, 15) is 28.8 Å². The molecule has 26 heteroatoms. The van der Waals surface area contributed by atoms with E-state index in [0.717, 1.165) is 45.9 Å². The molecule has 0 aliphatic carbocycles. The second-order valence-corrected chi connectivity index (χ2v) is 27.1. The predicted octanol–water partition coefficient (Wildman–Crippen LogP) is 19.2. The highest BCUT2D eigenvalue weighted by atomic mass is 35.5. The van der Waals surface area contributed by atoms with Gasteiger partial charge in [-0.2, -0.15) is 0 Å². The van der Waals surface area contributed by atoms with Gasteiger partial charge in [0.25, 0.3) is 0 Å². The summed E-state index contributed by atoms with van der Waals surface area (Å²) in [5, 5.41) is 7.45. The molecule has 11 rings (SSSR count). The number of fused-ring (bicyclic) bond motifs is 3. The number of aromatic nitrogens is 3. The van der Waals surface area contributed by atoms with Crippen molar-refractivity contribution in [1.82, 2.24) is 30.1 Å². The van der Waals surface area contributed by atoms with E-state index in [2.05, 4.69) is 15.6 Å². The fourth-order valence-corrected chi connectivity index (χ4v) is 11.0. The topological polar surface area (TPSA) is 225 Å². The fourth-order valence-electron chi connectivity index (χ4n) is 10.6. The molecule has 102 heavy (non-hydrogen) atoms. The van der Waals surface area contributed by atoms with Gasteiger partial charge in [-0.05, 0) is 218 Å². The normalized spacial score (nSPS) is 13.2. The maximum Gasteiger partial charge on any atom is 0.416 e. The molecule has 0 bridgehead atoms. The lowest BCUT2D eigenvalue weighted by Crippen LogP contribution is -2.43. The Morgan fingerprint density at radius 2 is 0.922 bits per heavy atom. The van der Waals surface area contributed by atoms with Crippen molar-refractivity contribution in [1.29, 1.82) is 0 Å². The van der Waals surface area contributed by atoms with Crippen LogP contribution in [0.3, 0.4) is 0 Å². The third kappa shape index (κ3) is 19.8. The molecule has 9 amide bonds. The highest BCUT2D eigenvalue weighted by Crippen LogP contribution is 2.39. The molecule has 5 aromatic carbocycles. The van der Waals surface area contributed by atoms with Gasteiger partial charge in [-0.25, -0.2) is 38.9 Å². The molecule has 0 spiro atoms. The zero-order chi connectivity index (χ0) is 71.8. The van der Waals surface area contributed by atoms with Crippen LogP contribution in [-0.4, -0.2) is 100 Å². The zero-order valence-corrected chi connectivity index (χ0v) is 61.4. The molecule has 8 aromatic rings. The molecular formula is C76H90Cl4N12O10. The fraction of sp³-hybridized carbons (Fsp3) is 0.329. The van der Waals surface area contributed by atoms with Crippen molar-refractivity contribution in [2.45, 2.75) is 134 Å². The van der Waals surface area contributed by atoms with Crippen LogP contribution in [0, 0.1) is 19.8 Å². The van der Waals surface area contributed by atoms with Crippen molar-refractivity contribution < 1.29 is 47.7 Å². The Bertz CT molecular complexity index is 4310. The third-order valence-corrected chi connectivity index (χ3v) is 16.8. The Kier molecular flexibility index (Phi) is 27.6. The Hall–Kier alpha value is -9.87. The van der Waals surface area contributed by atoms with E-state index in [4.69, 9.17) is 63.7 Å². The van der Waals surface area contributed by atoms with Crippen LogP contribution < -0.4 is 44.6 Å². The van der Waals surface area contributed by atoms with Crippen LogP contribution in [0.4, 0.5) is 75.6 Å². The number of hydrogen-bond acceptors (Lipinski definition) is 13. The summed E-state index contributed by atoms with van der Waals surface area (Å²) in [4.78, 5) is 102. The summed E-state index contributed by atoms with van der Waals surface area (Å²) in [5.41, 5.74) is 8.50. The van der Waals surface area contributed by atoms with Gasteiger partial charge in [0.1, 0.15) is 40.2 Å². The molecule has 0 saturated carbocycles. The second-order valence-electron chi connectivity index (χ2n) is 25.8. The smallest absolute Gasteiger partial charge is 0.416 e. The standard InChI is InChI=1S/C28H31ClN4O4.C27H29ClN4O4.C19H21ClN4O2.2CH4.ClH/c1-18-15-22(36-6)12-7-19(18)16-32(27(35)37-28(2,3)4)25-14-13-24-23(30-25)17-31(5)26(34)33(24)21-10-8-20(29)9-11-21;1-17-14-21(35-5)11-6-18(17)16-31(26(34)36-27(2,3)4)24-13-12-23-22(30-24)15-29-25(33)32(23)20-9-7-19(28)8-10-20;1-4-12(2)18(25)22-17-10-9-16-15(21-17)11-23(3)19(26)24(16)14-7-5-13(20)6-8-14;;;/h7-15H,16-17H2,1-6H3;6-14H,15-16H2,1-5H3,(H,29,33);5-10,12H,4,11H2,1-3H3,(H,21,22,25);2*1H4;1H/t;;12-;;;/m..1.../s1. The van der Waals surface area contributed by atoms with Gasteiger partial charge in [0, 0.05) is 35.1 Å². The molecule has 0 fully saturated rings. The zero-order valence-electron chi connectivity index (χ0n) is 58.3. The van der Waals surface area contributed by atoms with Crippen molar-refractivity contribution in [3.05, 3.63) is 200 Å². The lowest BCUT2D eigenvalue weighted by Gasteiger charge is -2.35. The number of ether oxygens (including phenoxy) is 4. The first-order chi connectivity index (χ1) is 46.9. The lowest BCUT2D eigenvalue weighted by molar-refractivity contribution is -0.119. The van der Waals surface area contributed by atoms with Crippen LogP contribution in [-0.2, 0) is 47.0 Å². The van der Waals surface area contributed by atoms with Gasteiger partial charge in [-0.3, -0.25) is 29.3 Å². The molecular weight excluding hydrogens is 1380 g/mol. The number of anilines is 9.